The van der Waals surface area contributed by atoms with Crippen LogP contribution in [0.15, 0.2) is 103 Å². The lowest BCUT2D eigenvalue weighted by Gasteiger charge is -2.49. The number of benzene rings is 3. The number of allylic oxidation sites excluding steroid dienone is 1. The summed E-state index contributed by atoms with van der Waals surface area (Å²) in [5.41, 5.74) is 0.0133. The van der Waals surface area contributed by atoms with Gasteiger partial charge in [-0.25, -0.2) is 0 Å². The van der Waals surface area contributed by atoms with Crippen LogP contribution in [-0.4, -0.2) is 31.2 Å². The second-order valence-corrected chi connectivity index (χ2v) is 12.8. The fraction of sp³-hybridized carbons (Fsp3) is 0.214. The summed E-state index contributed by atoms with van der Waals surface area (Å²) in [6.45, 7) is 0. The lowest BCUT2D eigenvalue weighted by Crippen LogP contribution is -2.72. The van der Waals surface area contributed by atoms with Gasteiger partial charge in [-0.3, -0.25) is 4.79 Å². The van der Waals surface area contributed by atoms with Crippen LogP contribution >= 0.6 is 0 Å². The summed E-state index contributed by atoms with van der Waals surface area (Å²) in [7, 11) is -2.66. The fourth-order valence-corrected chi connectivity index (χ4v) is 11.4. The summed E-state index contributed by atoms with van der Waals surface area (Å²) in [5.74, 6) is -0.106. The van der Waals surface area contributed by atoms with Gasteiger partial charge in [-0.1, -0.05) is 97.1 Å². The van der Waals surface area contributed by atoms with Crippen molar-refractivity contribution in [2.45, 2.75) is 30.8 Å². The number of aldehydes is 1. The number of amides is 1. The van der Waals surface area contributed by atoms with Crippen molar-refractivity contribution in [3.05, 3.63) is 103 Å². The van der Waals surface area contributed by atoms with Crippen molar-refractivity contribution in [3.63, 3.8) is 0 Å². The Morgan fingerprint density at radius 2 is 1.28 bits per heavy atom. The van der Waals surface area contributed by atoms with Gasteiger partial charge < -0.3 is 9.69 Å². The minimum Gasteiger partial charge on any atom is -0.316 e. The van der Waals surface area contributed by atoms with Crippen LogP contribution in [0.2, 0.25) is 5.54 Å². The molecule has 0 unspecified atom stereocenters. The van der Waals surface area contributed by atoms with Crippen LogP contribution in [0.3, 0.4) is 0 Å². The van der Waals surface area contributed by atoms with Gasteiger partial charge in [-0.05, 0) is 33.9 Å². The Hall–Kier alpha value is -3.24. The Kier molecular flexibility index (Phi) is 5.62. The lowest BCUT2D eigenvalue weighted by molar-refractivity contribution is -0.135. The van der Waals surface area contributed by atoms with E-state index in [9.17, 15) is 9.59 Å². The molecule has 3 nitrogen and oxygen atoms in total. The van der Waals surface area contributed by atoms with E-state index >= 15 is 0 Å². The van der Waals surface area contributed by atoms with E-state index in [-0.39, 0.29) is 23.4 Å². The highest BCUT2D eigenvalue weighted by Crippen LogP contribution is 2.41. The SMILES string of the molecule is O=C[C@H]1[C@H]2CCCC(=O)N2C=C[C@H]1[Si](c1ccccc1)(c1ccccc1)c1ccccc1. The molecular formula is C28H27NO2Si. The van der Waals surface area contributed by atoms with E-state index in [1.165, 1.54) is 15.6 Å². The molecule has 2 heterocycles. The minimum atomic E-state index is -2.66. The van der Waals surface area contributed by atoms with Crippen molar-refractivity contribution in [2.24, 2.45) is 5.92 Å². The monoisotopic (exact) mass is 437 g/mol. The zero-order valence-corrected chi connectivity index (χ0v) is 19.0. The molecule has 0 radical (unpaired) electrons. The predicted molar refractivity (Wildman–Crippen MR) is 131 cm³/mol. The molecule has 3 aromatic carbocycles. The molecule has 160 valence electrons. The van der Waals surface area contributed by atoms with Crippen LogP contribution in [-0.2, 0) is 9.59 Å². The number of nitrogens with zero attached hydrogens (tertiary/aromatic N) is 1. The van der Waals surface area contributed by atoms with E-state index in [1.54, 1.807) is 0 Å². The maximum absolute atomic E-state index is 12.7. The maximum Gasteiger partial charge on any atom is 0.226 e. The average molecular weight is 438 g/mol. The Morgan fingerprint density at radius 3 is 1.75 bits per heavy atom. The van der Waals surface area contributed by atoms with Gasteiger partial charge in [0.1, 0.15) is 6.29 Å². The summed E-state index contributed by atoms with van der Waals surface area (Å²) in [6, 6.07) is 32.0. The largest absolute Gasteiger partial charge is 0.316 e. The highest BCUT2D eigenvalue weighted by Gasteiger charge is 2.52. The summed E-state index contributed by atoms with van der Waals surface area (Å²) >= 11 is 0. The molecule has 0 aliphatic carbocycles. The van der Waals surface area contributed by atoms with Gasteiger partial charge >= 0.3 is 0 Å². The predicted octanol–water partition coefficient (Wildman–Crippen LogP) is 3.25. The molecular weight excluding hydrogens is 410 g/mol. The Morgan fingerprint density at radius 1 is 0.781 bits per heavy atom. The molecule has 2 aliphatic rings. The smallest absolute Gasteiger partial charge is 0.226 e. The van der Waals surface area contributed by atoms with E-state index in [0.717, 1.165) is 19.1 Å². The van der Waals surface area contributed by atoms with Crippen LogP contribution in [0.25, 0.3) is 0 Å². The minimum absolute atomic E-state index is 0.0133. The summed E-state index contributed by atoms with van der Waals surface area (Å²) in [5, 5.41) is 3.86. The molecule has 32 heavy (non-hydrogen) atoms. The molecule has 0 spiro atoms. The van der Waals surface area contributed by atoms with Gasteiger partial charge in [0.05, 0.1) is 0 Å². The maximum atomic E-state index is 12.7. The van der Waals surface area contributed by atoms with E-state index in [2.05, 4.69) is 78.9 Å². The van der Waals surface area contributed by atoms with Crippen molar-refractivity contribution in [1.82, 2.24) is 4.90 Å². The van der Waals surface area contributed by atoms with E-state index in [0.29, 0.717) is 6.42 Å². The van der Waals surface area contributed by atoms with Gasteiger partial charge in [0.2, 0.25) is 5.91 Å². The summed E-state index contributed by atoms with van der Waals surface area (Å²) < 4.78 is 0. The van der Waals surface area contributed by atoms with Gasteiger partial charge in [-0.15, -0.1) is 0 Å². The number of hydrogen-bond donors (Lipinski definition) is 0. The average Bonchev–Trinajstić information content (AvgIpc) is 2.86. The van der Waals surface area contributed by atoms with Gasteiger partial charge in [0.25, 0.3) is 0 Å². The number of rotatable bonds is 5. The molecule has 5 rings (SSSR count). The topological polar surface area (TPSA) is 37.4 Å². The standard InChI is InChI=1S/C28H27NO2Si/c30-21-25-26-17-10-18-28(31)29(26)20-19-27(25)32(22-11-4-1-5-12-22,23-13-6-2-7-14-23)24-15-8-3-9-16-24/h1-9,11-16,19-21,25-27H,10,17-18H2/t25-,26+,27+/m0/s1. The first-order valence-corrected chi connectivity index (χ1v) is 13.5. The Bertz CT molecular complexity index is 1020. The second kappa shape index (κ2) is 8.71. The van der Waals surface area contributed by atoms with Crippen molar-refractivity contribution in [2.75, 3.05) is 0 Å². The van der Waals surface area contributed by atoms with Gasteiger partial charge in [0, 0.05) is 24.6 Å². The van der Waals surface area contributed by atoms with Crippen LogP contribution in [0.4, 0.5) is 0 Å². The molecule has 1 saturated heterocycles. The van der Waals surface area contributed by atoms with E-state index in [4.69, 9.17) is 0 Å². The van der Waals surface area contributed by atoms with Crippen LogP contribution in [0, 0.1) is 5.92 Å². The van der Waals surface area contributed by atoms with Gasteiger partial charge in [-0.2, -0.15) is 0 Å². The number of carbonyl (C=O) groups excluding carboxylic acids is 2. The third kappa shape index (κ3) is 3.26. The first-order chi connectivity index (χ1) is 15.8. The number of carbonyl (C=O) groups is 2. The first kappa shape index (κ1) is 20.6. The van der Waals surface area contributed by atoms with Crippen molar-refractivity contribution in [3.8, 4) is 0 Å². The molecule has 4 heteroatoms. The normalized spacial score (nSPS) is 22.9. The number of fused-ring (bicyclic) bond motifs is 1. The van der Waals surface area contributed by atoms with Crippen LogP contribution in [0.1, 0.15) is 19.3 Å². The van der Waals surface area contributed by atoms with Crippen LogP contribution < -0.4 is 15.6 Å². The van der Waals surface area contributed by atoms with E-state index in [1.807, 2.05) is 29.3 Å². The molecule has 0 N–H and O–H groups in total. The highest BCUT2D eigenvalue weighted by atomic mass is 28.3. The third-order valence-electron chi connectivity index (χ3n) is 7.19. The quantitative estimate of drug-likeness (QED) is 0.349. The van der Waals surface area contributed by atoms with Crippen molar-refractivity contribution >= 4 is 35.8 Å². The van der Waals surface area contributed by atoms with E-state index < -0.39 is 8.07 Å². The Labute approximate surface area is 190 Å². The first-order valence-electron chi connectivity index (χ1n) is 11.4. The molecule has 3 aromatic rings. The Balaban J connectivity index is 1.81. The highest BCUT2D eigenvalue weighted by molar-refractivity contribution is 7.12. The molecule has 0 bridgehead atoms. The molecule has 1 amide bonds. The van der Waals surface area contributed by atoms with Gasteiger partial charge in [0.15, 0.2) is 8.07 Å². The molecule has 1 fully saturated rings. The second-order valence-electron chi connectivity index (χ2n) is 8.75. The summed E-state index contributed by atoms with van der Waals surface area (Å²) in [4.78, 5) is 27.2. The van der Waals surface area contributed by atoms with Crippen molar-refractivity contribution < 1.29 is 9.59 Å². The lowest BCUT2D eigenvalue weighted by atomic mass is 9.86. The zero-order valence-electron chi connectivity index (χ0n) is 18.0. The summed E-state index contributed by atoms with van der Waals surface area (Å²) in [6.07, 6.45) is 7.56. The molecule has 0 aromatic heterocycles. The molecule has 3 atom stereocenters. The fourth-order valence-electron chi connectivity index (χ4n) is 5.83. The number of piperidine rings is 1. The molecule has 2 aliphatic heterocycles. The van der Waals surface area contributed by atoms with Crippen molar-refractivity contribution in [1.29, 1.82) is 0 Å². The number of hydrogen-bond acceptors (Lipinski definition) is 2. The van der Waals surface area contributed by atoms with Crippen LogP contribution in [0.5, 0.6) is 0 Å². The molecule has 0 saturated carbocycles. The third-order valence-corrected chi connectivity index (χ3v) is 12.5. The zero-order chi connectivity index (χ0) is 22.0.